The Labute approximate surface area is 209 Å². The van der Waals surface area contributed by atoms with Crippen LogP contribution in [0.25, 0.3) is 16.9 Å². The molecule has 0 fully saturated rings. The highest BCUT2D eigenvalue weighted by Gasteiger charge is 2.32. The fourth-order valence-corrected chi connectivity index (χ4v) is 4.67. The summed E-state index contributed by atoms with van der Waals surface area (Å²) in [4.78, 5) is 0. The molecule has 1 aromatic heterocycles. The van der Waals surface area contributed by atoms with Crippen LogP contribution in [-0.4, -0.2) is 15.5 Å². The van der Waals surface area contributed by atoms with Gasteiger partial charge in [-0.2, -0.15) is 10.2 Å². The van der Waals surface area contributed by atoms with Crippen LogP contribution in [0.3, 0.4) is 0 Å². The zero-order chi connectivity index (χ0) is 23.6. The molecule has 0 aliphatic carbocycles. The lowest BCUT2D eigenvalue weighted by molar-refractivity contribution is 0.709. The molecule has 5 aromatic rings. The minimum absolute atomic E-state index is 0.103. The van der Waals surface area contributed by atoms with Crippen molar-refractivity contribution in [3.05, 3.63) is 138 Å². The fourth-order valence-electron chi connectivity index (χ4n) is 4.55. The van der Waals surface area contributed by atoms with Gasteiger partial charge in [0.1, 0.15) is 5.69 Å². The Kier molecular flexibility index (Phi) is 5.65. The Morgan fingerprint density at radius 1 is 0.686 bits per heavy atom. The van der Waals surface area contributed by atoms with Gasteiger partial charge in [0.2, 0.25) is 0 Å². The van der Waals surface area contributed by atoms with E-state index in [1.807, 2.05) is 53.2 Å². The molecule has 4 aromatic carbocycles. The molecule has 2 heterocycles. The lowest BCUT2D eigenvalue weighted by Gasteiger charge is -2.23. The van der Waals surface area contributed by atoms with E-state index in [1.165, 1.54) is 5.56 Å². The minimum atomic E-state index is 0.103. The van der Waals surface area contributed by atoms with Crippen molar-refractivity contribution in [3.63, 3.8) is 0 Å². The number of aromatic nitrogens is 2. The molecule has 170 valence electrons. The standard InChI is InChI=1S/C30H23ClN4/c31-24-18-16-23(17-19-24)30-27(21-34(33-30)25-12-6-2-7-13-25)28-20-29(22-10-4-1-5-11-22)35(32-28)26-14-8-3-9-15-26/h1-19,21,29H,20H2. The number of rotatable bonds is 5. The highest BCUT2D eigenvalue weighted by atomic mass is 35.5. The van der Waals surface area contributed by atoms with E-state index >= 15 is 0 Å². The number of hydrogen-bond donors (Lipinski definition) is 0. The first-order valence-electron chi connectivity index (χ1n) is 11.6. The van der Waals surface area contributed by atoms with E-state index in [0.29, 0.717) is 5.02 Å². The SMILES string of the molecule is Clc1ccc(-c2nn(-c3ccccc3)cc2C2=NN(c3ccccc3)C(c3ccccc3)C2)cc1. The molecule has 1 aliphatic heterocycles. The molecule has 4 nitrogen and oxygen atoms in total. The summed E-state index contributed by atoms with van der Waals surface area (Å²) in [6.45, 7) is 0. The van der Waals surface area contributed by atoms with E-state index in [0.717, 1.165) is 40.3 Å². The second-order valence-electron chi connectivity index (χ2n) is 8.54. The average Bonchev–Trinajstić information content (AvgIpc) is 3.56. The Morgan fingerprint density at radius 2 is 1.29 bits per heavy atom. The molecule has 0 saturated heterocycles. The number of hydrogen-bond acceptors (Lipinski definition) is 3. The van der Waals surface area contributed by atoms with Gasteiger partial charge in [-0.05, 0) is 42.0 Å². The summed E-state index contributed by atoms with van der Waals surface area (Å²) in [5.74, 6) is 0. The van der Waals surface area contributed by atoms with Gasteiger partial charge in [-0.3, -0.25) is 5.01 Å². The van der Waals surface area contributed by atoms with E-state index in [2.05, 4.69) is 77.9 Å². The molecular formula is C30H23ClN4. The monoisotopic (exact) mass is 474 g/mol. The molecule has 0 bridgehead atoms. The molecule has 0 N–H and O–H groups in total. The maximum absolute atomic E-state index is 6.19. The maximum Gasteiger partial charge on any atom is 0.102 e. The first-order valence-corrected chi connectivity index (χ1v) is 12.0. The van der Waals surface area contributed by atoms with E-state index in [9.17, 15) is 0 Å². The van der Waals surface area contributed by atoms with Gasteiger partial charge >= 0.3 is 0 Å². The summed E-state index contributed by atoms with van der Waals surface area (Å²) in [6.07, 6.45) is 2.87. The van der Waals surface area contributed by atoms with Gasteiger partial charge in [-0.25, -0.2) is 4.68 Å². The summed E-state index contributed by atoms with van der Waals surface area (Å²) in [7, 11) is 0. The Balaban J connectivity index is 1.49. The quantitative estimate of drug-likeness (QED) is 0.263. The first kappa shape index (κ1) is 21.4. The predicted molar refractivity (Wildman–Crippen MR) is 143 cm³/mol. The zero-order valence-corrected chi connectivity index (χ0v) is 19.8. The van der Waals surface area contributed by atoms with Crippen molar-refractivity contribution < 1.29 is 0 Å². The summed E-state index contributed by atoms with van der Waals surface area (Å²) < 4.78 is 1.94. The largest absolute Gasteiger partial charge is 0.257 e. The third-order valence-corrected chi connectivity index (χ3v) is 6.53. The van der Waals surface area contributed by atoms with Crippen LogP contribution < -0.4 is 5.01 Å². The number of hydrazone groups is 1. The second-order valence-corrected chi connectivity index (χ2v) is 8.97. The van der Waals surface area contributed by atoms with Gasteiger partial charge in [-0.15, -0.1) is 0 Å². The summed E-state index contributed by atoms with van der Waals surface area (Å²) in [6, 6.07) is 39.0. The minimum Gasteiger partial charge on any atom is -0.257 e. The normalized spacial score (nSPS) is 15.3. The molecule has 35 heavy (non-hydrogen) atoms. The first-order chi connectivity index (χ1) is 17.3. The number of para-hydroxylation sites is 2. The van der Waals surface area contributed by atoms with Crippen LogP contribution in [0.15, 0.2) is 127 Å². The van der Waals surface area contributed by atoms with Crippen molar-refractivity contribution in [1.29, 1.82) is 0 Å². The maximum atomic E-state index is 6.19. The van der Waals surface area contributed by atoms with Crippen LogP contribution in [0.5, 0.6) is 0 Å². The highest BCUT2D eigenvalue weighted by molar-refractivity contribution is 6.30. The summed E-state index contributed by atoms with van der Waals surface area (Å²) in [5, 5.41) is 13.0. The molecule has 0 spiro atoms. The molecule has 1 atom stereocenters. The van der Waals surface area contributed by atoms with Crippen molar-refractivity contribution in [2.24, 2.45) is 5.10 Å². The smallest absolute Gasteiger partial charge is 0.102 e. The van der Waals surface area contributed by atoms with Crippen LogP contribution >= 0.6 is 11.6 Å². The third-order valence-electron chi connectivity index (χ3n) is 6.28. The van der Waals surface area contributed by atoms with Crippen molar-refractivity contribution in [3.8, 4) is 16.9 Å². The van der Waals surface area contributed by atoms with Gasteiger partial charge < -0.3 is 0 Å². The van der Waals surface area contributed by atoms with Crippen LogP contribution in [0.4, 0.5) is 5.69 Å². The second kappa shape index (κ2) is 9.24. The van der Waals surface area contributed by atoms with Gasteiger partial charge in [0.15, 0.2) is 0 Å². The summed E-state index contributed by atoms with van der Waals surface area (Å²) in [5.41, 5.74) is 7.25. The van der Waals surface area contributed by atoms with E-state index < -0.39 is 0 Å². The van der Waals surface area contributed by atoms with Crippen LogP contribution in [0, 0.1) is 0 Å². The number of anilines is 1. The highest BCUT2D eigenvalue weighted by Crippen LogP contribution is 2.38. The van der Waals surface area contributed by atoms with Crippen molar-refractivity contribution in [2.45, 2.75) is 12.5 Å². The van der Waals surface area contributed by atoms with Crippen molar-refractivity contribution in [1.82, 2.24) is 9.78 Å². The lowest BCUT2D eigenvalue weighted by Crippen LogP contribution is -2.18. The molecule has 0 radical (unpaired) electrons. The molecule has 1 unspecified atom stereocenters. The predicted octanol–water partition coefficient (Wildman–Crippen LogP) is 7.55. The van der Waals surface area contributed by atoms with Gasteiger partial charge in [-0.1, -0.05) is 90.5 Å². The van der Waals surface area contributed by atoms with E-state index in [1.54, 1.807) is 0 Å². The molecular weight excluding hydrogens is 452 g/mol. The van der Waals surface area contributed by atoms with E-state index in [-0.39, 0.29) is 6.04 Å². The topological polar surface area (TPSA) is 33.4 Å². The van der Waals surface area contributed by atoms with Gasteiger partial charge in [0.05, 0.1) is 23.1 Å². The Hall–Kier alpha value is -4.15. The zero-order valence-electron chi connectivity index (χ0n) is 19.0. The summed E-state index contributed by atoms with van der Waals surface area (Å²) >= 11 is 6.19. The number of benzene rings is 4. The lowest BCUT2D eigenvalue weighted by atomic mass is 9.97. The van der Waals surface area contributed by atoms with Crippen molar-refractivity contribution in [2.75, 3.05) is 5.01 Å². The van der Waals surface area contributed by atoms with Crippen molar-refractivity contribution >= 4 is 23.0 Å². The van der Waals surface area contributed by atoms with Gasteiger partial charge in [0, 0.05) is 28.8 Å². The number of nitrogens with zero attached hydrogens (tertiary/aromatic N) is 4. The Morgan fingerprint density at radius 3 is 1.94 bits per heavy atom. The fraction of sp³-hybridized carbons (Fsp3) is 0.0667. The number of halogens is 1. The molecule has 0 amide bonds. The molecule has 0 saturated carbocycles. The van der Waals surface area contributed by atoms with Gasteiger partial charge in [0.25, 0.3) is 0 Å². The molecule has 6 rings (SSSR count). The molecule has 5 heteroatoms. The Bertz CT molecular complexity index is 1460. The van der Waals surface area contributed by atoms with E-state index in [4.69, 9.17) is 21.8 Å². The third kappa shape index (κ3) is 4.25. The van der Waals surface area contributed by atoms with Crippen LogP contribution in [-0.2, 0) is 0 Å². The average molecular weight is 475 g/mol. The van der Waals surface area contributed by atoms with Crippen LogP contribution in [0.1, 0.15) is 23.6 Å². The van der Waals surface area contributed by atoms with Crippen LogP contribution in [0.2, 0.25) is 5.02 Å². The molecule has 1 aliphatic rings.